The zero-order valence-electron chi connectivity index (χ0n) is 7.33. The third-order valence-corrected chi connectivity index (χ3v) is 2.31. The second-order valence-corrected chi connectivity index (χ2v) is 3.43. The first kappa shape index (κ1) is 10.2. The molecule has 2 N–H and O–H groups in total. The molecule has 0 saturated carbocycles. The van der Waals surface area contributed by atoms with Gasteiger partial charge in [-0.1, -0.05) is 5.92 Å². The molecule has 1 rings (SSSR count). The number of nitrogens with zero attached hydrogens (tertiary/aromatic N) is 1. The van der Waals surface area contributed by atoms with Gasteiger partial charge < -0.3 is 15.4 Å². The van der Waals surface area contributed by atoms with E-state index in [0.29, 0.717) is 6.54 Å². The molecule has 70 valence electrons. The number of methoxy groups -OCH3 is 1. The molecule has 0 saturated heterocycles. The van der Waals surface area contributed by atoms with E-state index in [1.807, 2.05) is 11.1 Å². The fourth-order valence-electron chi connectivity index (χ4n) is 1.05. The average Bonchev–Trinajstić information content (AvgIpc) is 2.11. The van der Waals surface area contributed by atoms with Gasteiger partial charge in [0.2, 0.25) is 0 Å². The van der Waals surface area contributed by atoms with Crippen LogP contribution in [0.4, 0.5) is 0 Å². The summed E-state index contributed by atoms with van der Waals surface area (Å²) in [4.78, 5) is 1.84. The van der Waals surface area contributed by atoms with Crippen molar-refractivity contribution in [1.82, 2.24) is 4.90 Å². The average molecular weight is 243 g/mol. The Hall–Kier alpha value is -0.920. The molecule has 0 aromatic carbocycles. The Kier molecular flexibility index (Phi) is 3.40. The zero-order valence-corrected chi connectivity index (χ0v) is 8.91. The molecule has 0 spiro atoms. The molecule has 1 heterocycles. The van der Waals surface area contributed by atoms with Gasteiger partial charge >= 0.3 is 0 Å². The van der Waals surface area contributed by atoms with E-state index >= 15 is 0 Å². The minimum atomic E-state index is -0.215. The van der Waals surface area contributed by atoms with Crippen molar-refractivity contribution in [1.29, 1.82) is 0 Å². The highest BCUT2D eigenvalue weighted by Gasteiger charge is 2.17. The molecule has 0 amide bonds. The number of rotatable bonds is 2. The lowest BCUT2D eigenvalue weighted by atomic mass is 10.2. The molecule has 1 aliphatic heterocycles. The summed E-state index contributed by atoms with van der Waals surface area (Å²) in [5, 5.41) is 0. The minimum absolute atomic E-state index is 0.215. The smallest absolute Gasteiger partial charge is 0.133 e. The Balaban J connectivity index is 2.79. The first-order valence-corrected chi connectivity index (χ1v) is 4.56. The Bertz CT molecular complexity index is 290. The molecule has 0 aromatic heterocycles. The van der Waals surface area contributed by atoms with Crippen molar-refractivity contribution in [3.05, 3.63) is 22.5 Å². The number of nitrogens with two attached hydrogens (primary N) is 1. The second kappa shape index (κ2) is 4.35. The second-order valence-electron chi connectivity index (χ2n) is 2.58. The van der Waals surface area contributed by atoms with E-state index in [2.05, 4.69) is 21.9 Å². The molecule has 0 fully saturated rings. The maximum Gasteiger partial charge on any atom is 0.133 e. The van der Waals surface area contributed by atoms with Gasteiger partial charge in [0.1, 0.15) is 11.9 Å². The van der Waals surface area contributed by atoms with Crippen molar-refractivity contribution >= 4 is 15.9 Å². The van der Waals surface area contributed by atoms with Gasteiger partial charge in [0.05, 0.1) is 18.1 Å². The summed E-state index contributed by atoms with van der Waals surface area (Å²) in [6.07, 6.45) is 8.62. The van der Waals surface area contributed by atoms with Crippen LogP contribution in [0.3, 0.4) is 0 Å². The molecular formula is C9H11BrN2O. The molecule has 0 aliphatic carbocycles. The van der Waals surface area contributed by atoms with Crippen molar-refractivity contribution in [3.8, 4) is 12.3 Å². The van der Waals surface area contributed by atoms with Crippen LogP contribution in [0.15, 0.2) is 22.5 Å². The van der Waals surface area contributed by atoms with E-state index in [4.69, 9.17) is 16.9 Å². The topological polar surface area (TPSA) is 38.5 Å². The number of hydrogen-bond donors (Lipinski definition) is 1. The maximum absolute atomic E-state index is 5.80. The SMILES string of the molecule is C#CCN1C=C(Br)C(OC)=CC1N. The van der Waals surface area contributed by atoms with Gasteiger partial charge in [0.25, 0.3) is 0 Å². The predicted molar refractivity (Wildman–Crippen MR) is 55.6 cm³/mol. The van der Waals surface area contributed by atoms with E-state index in [0.717, 1.165) is 10.2 Å². The highest BCUT2D eigenvalue weighted by molar-refractivity contribution is 9.11. The lowest BCUT2D eigenvalue weighted by Crippen LogP contribution is -2.39. The van der Waals surface area contributed by atoms with Gasteiger partial charge in [0, 0.05) is 6.20 Å². The maximum atomic E-state index is 5.80. The fourth-order valence-corrected chi connectivity index (χ4v) is 1.60. The van der Waals surface area contributed by atoms with E-state index in [-0.39, 0.29) is 6.17 Å². The van der Waals surface area contributed by atoms with Crippen LogP contribution in [0, 0.1) is 12.3 Å². The number of ether oxygens (including phenoxy) is 1. The number of hydrogen-bond acceptors (Lipinski definition) is 3. The van der Waals surface area contributed by atoms with Gasteiger partial charge in [0.15, 0.2) is 0 Å². The normalized spacial score (nSPS) is 21.7. The van der Waals surface area contributed by atoms with Gasteiger partial charge in [-0.05, 0) is 22.0 Å². The molecule has 1 aliphatic rings. The largest absolute Gasteiger partial charge is 0.496 e. The molecule has 0 bridgehead atoms. The molecule has 13 heavy (non-hydrogen) atoms. The van der Waals surface area contributed by atoms with Gasteiger partial charge in [-0.25, -0.2) is 0 Å². The first-order chi connectivity index (χ1) is 6.19. The minimum Gasteiger partial charge on any atom is -0.496 e. The summed E-state index contributed by atoms with van der Waals surface area (Å²) in [6, 6.07) is 0. The van der Waals surface area contributed by atoms with Crippen LogP contribution in [0.5, 0.6) is 0 Å². The third-order valence-electron chi connectivity index (χ3n) is 1.71. The summed E-state index contributed by atoms with van der Waals surface area (Å²) in [7, 11) is 1.60. The zero-order chi connectivity index (χ0) is 9.84. The molecule has 4 heteroatoms. The van der Waals surface area contributed by atoms with Crippen LogP contribution in [0.25, 0.3) is 0 Å². The van der Waals surface area contributed by atoms with Crippen molar-refractivity contribution in [3.63, 3.8) is 0 Å². The van der Waals surface area contributed by atoms with Crippen molar-refractivity contribution in [2.45, 2.75) is 6.17 Å². The van der Waals surface area contributed by atoms with Crippen molar-refractivity contribution in [2.24, 2.45) is 5.73 Å². The van der Waals surface area contributed by atoms with Crippen LogP contribution in [0.2, 0.25) is 0 Å². The summed E-state index contributed by atoms with van der Waals surface area (Å²) < 4.78 is 5.94. The molecule has 1 unspecified atom stereocenters. The Morgan fingerprint density at radius 1 is 1.85 bits per heavy atom. The Labute approximate surface area is 86.4 Å². The van der Waals surface area contributed by atoms with Crippen LogP contribution in [-0.2, 0) is 4.74 Å². The van der Waals surface area contributed by atoms with Crippen LogP contribution in [0.1, 0.15) is 0 Å². The monoisotopic (exact) mass is 242 g/mol. The Morgan fingerprint density at radius 2 is 2.54 bits per heavy atom. The summed E-state index contributed by atoms with van der Waals surface area (Å²) >= 11 is 3.35. The van der Waals surface area contributed by atoms with Gasteiger partial charge in [-0.2, -0.15) is 0 Å². The highest BCUT2D eigenvalue weighted by Crippen LogP contribution is 2.23. The van der Waals surface area contributed by atoms with E-state index in [9.17, 15) is 0 Å². The van der Waals surface area contributed by atoms with E-state index < -0.39 is 0 Å². The lowest BCUT2D eigenvalue weighted by Gasteiger charge is -2.28. The molecule has 3 nitrogen and oxygen atoms in total. The van der Waals surface area contributed by atoms with E-state index in [1.54, 1.807) is 13.2 Å². The summed E-state index contributed by atoms with van der Waals surface area (Å²) in [5.74, 6) is 3.27. The third kappa shape index (κ3) is 2.27. The van der Waals surface area contributed by atoms with Crippen molar-refractivity contribution < 1.29 is 4.74 Å². The molecule has 0 aromatic rings. The van der Waals surface area contributed by atoms with Crippen LogP contribution < -0.4 is 5.73 Å². The van der Waals surface area contributed by atoms with Crippen LogP contribution >= 0.6 is 15.9 Å². The number of allylic oxidation sites excluding steroid dienone is 1. The standard InChI is InChI=1S/C9H11BrN2O/c1-3-4-12-6-7(10)8(13-2)5-9(12)11/h1,5-6,9H,4,11H2,2H3. The molecule has 0 radical (unpaired) electrons. The van der Waals surface area contributed by atoms with Gasteiger partial charge in [-0.15, -0.1) is 6.42 Å². The summed E-state index contributed by atoms with van der Waals surface area (Å²) in [5.41, 5.74) is 5.80. The number of halogens is 1. The van der Waals surface area contributed by atoms with Crippen LogP contribution in [-0.4, -0.2) is 24.7 Å². The quantitative estimate of drug-likeness (QED) is 0.735. The fraction of sp³-hybridized carbons (Fsp3) is 0.333. The molecular weight excluding hydrogens is 232 g/mol. The number of terminal acetylenes is 1. The lowest BCUT2D eigenvalue weighted by molar-refractivity contribution is 0.277. The predicted octanol–water partition coefficient (Wildman–Crippen LogP) is 0.987. The van der Waals surface area contributed by atoms with Gasteiger partial charge in [-0.3, -0.25) is 0 Å². The van der Waals surface area contributed by atoms with E-state index in [1.165, 1.54) is 0 Å². The highest BCUT2D eigenvalue weighted by atomic mass is 79.9. The first-order valence-electron chi connectivity index (χ1n) is 3.77. The molecule has 1 atom stereocenters. The summed E-state index contributed by atoms with van der Waals surface area (Å²) in [6.45, 7) is 0.490. The Morgan fingerprint density at radius 3 is 3.08 bits per heavy atom. The van der Waals surface area contributed by atoms with Crippen molar-refractivity contribution in [2.75, 3.05) is 13.7 Å².